The second-order valence-electron chi connectivity index (χ2n) is 6.11. The Kier molecular flexibility index (Phi) is 3.03. The second-order valence-corrected chi connectivity index (χ2v) is 6.11. The van der Waals surface area contributed by atoms with Gasteiger partial charge in [-0.1, -0.05) is 30.3 Å². The minimum atomic E-state index is 0.212. The van der Waals surface area contributed by atoms with E-state index in [1.807, 2.05) is 12.1 Å². The van der Waals surface area contributed by atoms with E-state index in [1.165, 1.54) is 36.0 Å². The number of Topliss-reactive ketones (excluding diaryl/α,β-unsaturated/α-hetero) is 1. The maximum Gasteiger partial charge on any atom is 0.167 e. The largest absolute Gasteiger partial charge is 0.384 e. The molecule has 0 radical (unpaired) electrons. The molecule has 21 heavy (non-hydrogen) atoms. The third-order valence-electron chi connectivity index (χ3n) is 4.67. The van der Waals surface area contributed by atoms with Crippen molar-refractivity contribution in [2.45, 2.75) is 32.1 Å². The molecular formula is C19H19NO. The van der Waals surface area contributed by atoms with Crippen LogP contribution in [-0.4, -0.2) is 12.3 Å². The van der Waals surface area contributed by atoms with Crippen LogP contribution in [-0.2, 0) is 25.7 Å². The lowest BCUT2D eigenvalue weighted by molar-refractivity contribution is 0.0993. The van der Waals surface area contributed by atoms with E-state index in [1.54, 1.807) is 0 Å². The molecule has 0 spiro atoms. The number of carbonyl (C=O) groups is 1. The molecule has 0 saturated carbocycles. The lowest BCUT2D eigenvalue weighted by Gasteiger charge is -2.07. The van der Waals surface area contributed by atoms with Crippen molar-refractivity contribution in [1.82, 2.24) is 0 Å². The molecule has 0 aromatic heterocycles. The van der Waals surface area contributed by atoms with Crippen molar-refractivity contribution < 1.29 is 4.79 Å². The van der Waals surface area contributed by atoms with Crippen LogP contribution in [0.1, 0.15) is 39.0 Å². The zero-order valence-electron chi connectivity index (χ0n) is 12.1. The van der Waals surface area contributed by atoms with E-state index in [9.17, 15) is 4.79 Å². The molecule has 0 fully saturated rings. The molecule has 1 aliphatic carbocycles. The molecule has 0 bridgehead atoms. The zero-order valence-corrected chi connectivity index (χ0v) is 12.1. The third kappa shape index (κ3) is 2.35. The summed E-state index contributed by atoms with van der Waals surface area (Å²) in [6.45, 7) is 0.984. The molecule has 2 nitrogen and oxygen atoms in total. The number of fused-ring (bicyclic) bond motifs is 2. The Balaban J connectivity index is 1.55. The van der Waals surface area contributed by atoms with Crippen LogP contribution < -0.4 is 5.32 Å². The number of anilines is 1. The highest BCUT2D eigenvalue weighted by atomic mass is 16.1. The summed E-state index contributed by atoms with van der Waals surface area (Å²) in [7, 11) is 0. The van der Waals surface area contributed by atoms with Gasteiger partial charge in [0.05, 0.1) is 0 Å². The van der Waals surface area contributed by atoms with Crippen molar-refractivity contribution >= 4 is 11.5 Å². The molecule has 0 saturated heterocycles. The molecule has 2 aromatic carbocycles. The van der Waals surface area contributed by atoms with Gasteiger partial charge in [-0.3, -0.25) is 4.79 Å². The van der Waals surface area contributed by atoms with Gasteiger partial charge >= 0.3 is 0 Å². The zero-order chi connectivity index (χ0) is 14.2. The Labute approximate surface area is 125 Å². The van der Waals surface area contributed by atoms with Crippen molar-refractivity contribution in [3.8, 4) is 0 Å². The summed E-state index contributed by atoms with van der Waals surface area (Å²) in [5.41, 5.74) is 7.33. The number of benzene rings is 2. The summed E-state index contributed by atoms with van der Waals surface area (Å²) in [6.07, 6.45) is 5.18. The lowest BCUT2D eigenvalue weighted by atomic mass is 9.98. The number of hydrogen-bond acceptors (Lipinski definition) is 2. The van der Waals surface area contributed by atoms with E-state index in [0.29, 0.717) is 6.42 Å². The number of rotatable bonds is 3. The van der Waals surface area contributed by atoms with E-state index >= 15 is 0 Å². The molecule has 4 rings (SSSR count). The highest BCUT2D eigenvalue weighted by molar-refractivity contribution is 5.98. The van der Waals surface area contributed by atoms with Gasteiger partial charge in [0.2, 0.25) is 0 Å². The molecule has 0 amide bonds. The van der Waals surface area contributed by atoms with Gasteiger partial charge in [-0.2, -0.15) is 0 Å². The van der Waals surface area contributed by atoms with Crippen LogP contribution in [0.2, 0.25) is 0 Å². The van der Waals surface area contributed by atoms with Crippen molar-refractivity contribution in [3.63, 3.8) is 0 Å². The van der Waals surface area contributed by atoms with Crippen LogP contribution in [0, 0.1) is 0 Å². The summed E-state index contributed by atoms with van der Waals surface area (Å²) in [4.78, 5) is 12.5. The highest BCUT2D eigenvalue weighted by Gasteiger charge is 2.15. The SMILES string of the molecule is O=C(Cc1ccc2c(c1)CCC2)c1ccc2c(c1)NCC2. The minimum absolute atomic E-state index is 0.212. The first-order valence-electron chi connectivity index (χ1n) is 7.80. The molecule has 1 aliphatic heterocycles. The fourth-order valence-electron chi connectivity index (χ4n) is 3.49. The molecule has 2 aliphatic rings. The van der Waals surface area contributed by atoms with Crippen molar-refractivity contribution in [1.29, 1.82) is 0 Å². The van der Waals surface area contributed by atoms with Gasteiger partial charge in [-0.05, 0) is 54.0 Å². The van der Waals surface area contributed by atoms with Gasteiger partial charge in [0.1, 0.15) is 0 Å². The number of hydrogen-bond donors (Lipinski definition) is 1. The lowest BCUT2D eigenvalue weighted by Crippen LogP contribution is -2.04. The third-order valence-corrected chi connectivity index (χ3v) is 4.67. The van der Waals surface area contributed by atoms with Crippen LogP contribution >= 0.6 is 0 Å². The monoisotopic (exact) mass is 277 g/mol. The summed E-state index contributed by atoms with van der Waals surface area (Å²) in [6, 6.07) is 12.6. The maximum atomic E-state index is 12.5. The fraction of sp³-hybridized carbons (Fsp3) is 0.316. The second kappa shape index (κ2) is 5.03. The van der Waals surface area contributed by atoms with E-state index in [4.69, 9.17) is 0 Å². The quantitative estimate of drug-likeness (QED) is 0.869. The maximum absolute atomic E-state index is 12.5. The predicted molar refractivity (Wildman–Crippen MR) is 85.1 cm³/mol. The first kappa shape index (κ1) is 12.6. The van der Waals surface area contributed by atoms with E-state index < -0.39 is 0 Å². The van der Waals surface area contributed by atoms with Gasteiger partial charge in [0.15, 0.2) is 5.78 Å². The van der Waals surface area contributed by atoms with Crippen LogP contribution in [0.5, 0.6) is 0 Å². The first-order valence-corrected chi connectivity index (χ1v) is 7.80. The molecule has 2 heteroatoms. The van der Waals surface area contributed by atoms with Gasteiger partial charge in [-0.15, -0.1) is 0 Å². The highest BCUT2D eigenvalue weighted by Crippen LogP contribution is 2.25. The predicted octanol–water partition coefficient (Wildman–Crippen LogP) is 3.57. The van der Waals surface area contributed by atoms with E-state index in [2.05, 4.69) is 29.6 Å². The molecular weight excluding hydrogens is 258 g/mol. The first-order chi connectivity index (χ1) is 10.3. The van der Waals surface area contributed by atoms with Gasteiger partial charge in [0, 0.05) is 24.2 Å². The average molecular weight is 277 g/mol. The fourth-order valence-corrected chi connectivity index (χ4v) is 3.49. The Morgan fingerprint density at radius 2 is 1.81 bits per heavy atom. The van der Waals surface area contributed by atoms with Crippen molar-refractivity contribution in [2.24, 2.45) is 0 Å². The van der Waals surface area contributed by atoms with E-state index in [-0.39, 0.29) is 5.78 Å². The minimum Gasteiger partial charge on any atom is -0.384 e. The molecule has 1 heterocycles. The molecule has 0 atom stereocenters. The normalized spacial score (nSPS) is 15.4. The van der Waals surface area contributed by atoms with Crippen LogP contribution in [0.15, 0.2) is 36.4 Å². The summed E-state index contributed by atoms with van der Waals surface area (Å²) in [5, 5.41) is 3.34. The Hall–Kier alpha value is -2.09. The Morgan fingerprint density at radius 1 is 0.952 bits per heavy atom. The van der Waals surface area contributed by atoms with Crippen LogP contribution in [0.4, 0.5) is 5.69 Å². The standard InChI is InChI=1S/C19H19NO/c21-19(17-7-6-15-8-9-20-18(15)12-17)11-13-4-5-14-2-1-3-16(14)10-13/h4-7,10,12,20H,1-3,8-9,11H2. The van der Waals surface area contributed by atoms with E-state index in [0.717, 1.165) is 29.8 Å². The Morgan fingerprint density at radius 3 is 2.76 bits per heavy atom. The van der Waals surface area contributed by atoms with Gasteiger partial charge < -0.3 is 5.32 Å². The number of nitrogens with one attached hydrogen (secondary N) is 1. The molecule has 0 unspecified atom stereocenters. The topological polar surface area (TPSA) is 29.1 Å². The van der Waals surface area contributed by atoms with Gasteiger partial charge in [0.25, 0.3) is 0 Å². The summed E-state index contributed by atoms with van der Waals surface area (Å²) < 4.78 is 0. The van der Waals surface area contributed by atoms with Gasteiger partial charge in [-0.25, -0.2) is 0 Å². The van der Waals surface area contributed by atoms with Crippen molar-refractivity contribution in [2.75, 3.05) is 11.9 Å². The summed E-state index contributed by atoms with van der Waals surface area (Å²) >= 11 is 0. The smallest absolute Gasteiger partial charge is 0.167 e. The number of ketones is 1. The van der Waals surface area contributed by atoms with Crippen LogP contribution in [0.3, 0.4) is 0 Å². The number of aryl methyl sites for hydroxylation is 2. The molecule has 2 aromatic rings. The summed E-state index contributed by atoms with van der Waals surface area (Å²) in [5.74, 6) is 0.212. The average Bonchev–Trinajstić information content (AvgIpc) is 3.14. The van der Waals surface area contributed by atoms with Crippen molar-refractivity contribution in [3.05, 3.63) is 64.2 Å². The molecule has 1 N–H and O–H groups in total. The van der Waals surface area contributed by atoms with Crippen LogP contribution in [0.25, 0.3) is 0 Å². The number of carbonyl (C=O) groups excluding carboxylic acids is 1. The molecule has 106 valence electrons. The Bertz CT molecular complexity index is 718.